The zero-order chi connectivity index (χ0) is 11.6. The molecule has 1 heterocycles. The molecule has 0 bridgehead atoms. The Morgan fingerprint density at radius 3 is 2.53 bits per heavy atom. The van der Waals surface area contributed by atoms with Crippen molar-refractivity contribution in [1.82, 2.24) is 4.98 Å². The summed E-state index contributed by atoms with van der Waals surface area (Å²) in [5.74, 6) is -1.25. The minimum absolute atomic E-state index is 0.121. The molecule has 7 heteroatoms. The van der Waals surface area contributed by atoms with E-state index in [0.29, 0.717) is 6.07 Å². The Balaban J connectivity index is 3.06. The Morgan fingerprint density at radius 1 is 1.47 bits per heavy atom. The van der Waals surface area contributed by atoms with Crippen LogP contribution in [0.2, 0.25) is 0 Å². The van der Waals surface area contributed by atoms with Gasteiger partial charge in [-0.25, -0.2) is 9.37 Å². The predicted octanol–water partition coefficient (Wildman–Crippen LogP) is 2.46. The van der Waals surface area contributed by atoms with E-state index in [1.54, 1.807) is 0 Å². The molecule has 0 amide bonds. The van der Waals surface area contributed by atoms with Crippen LogP contribution >= 0.6 is 0 Å². The van der Waals surface area contributed by atoms with Crippen LogP contribution in [0.4, 0.5) is 17.6 Å². The van der Waals surface area contributed by atoms with E-state index in [2.05, 4.69) is 9.72 Å². The number of rotatable bonds is 2. The summed E-state index contributed by atoms with van der Waals surface area (Å²) in [4.78, 5) is 3.31. The third-order valence-corrected chi connectivity index (χ3v) is 1.59. The molecule has 15 heavy (non-hydrogen) atoms. The van der Waals surface area contributed by atoms with Crippen LogP contribution in [0.25, 0.3) is 0 Å². The maximum atomic E-state index is 12.3. The van der Waals surface area contributed by atoms with Gasteiger partial charge in [0.2, 0.25) is 5.88 Å². The molecule has 0 aliphatic heterocycles. The van der Waals surface area contributed by atoms with Gasteiger partial charge in [-0.15, -0.1) is 13.2 Å². The summed E-state index contributed by atoms with van der Waals surface area (Å²) < 4.78 is 51.1. The minimum atomic E-state index is -4.88. The quantitative estimate of drug-likeness (QED) is 0.786. The van der Waals surface area contributed by atoms with Crippen molar-refractivity contribution in [3.05, 3.63) is 17.3 Å². The number of aryl methyl sites for hydroxylation is 1. The number of aromatic nitrogens is 1. The van der Waals surface area contributed by atoms with Gasteiger partial charge in [0, 0.05) is 11.6 Å². The Kier molecular flexibility index (Phi) is 3.01. The van der Waals surface area contributed by atoms with Gasteiger partial charge in [0.25, 0.3) is 0 Å². The third-order valence-electron chi connectivity index (χ3n) is 1.59. The second-order valence-corrected chi connectivity index (χ2v) is 2.74. The molecule has 0 unspecified atom stereocenters. The second kappa shape index (κ2) is 3.92. The summed E-state index contributed by atoms with van der Waals surface area (Å²) in [5.41, 5.74) is -0.411. The Bertz CT molecular complexity index is 364. The summed E-state index contributed by atoms with van der Waals surface area (Å²) in [7, 11) is 0. The highest BCUT2D eigenvalue weighted by Crippen LogP contribution is 2.28. The molecule has 0 aliphatic carbocycles. The Morgan fingerprint density at radius 2 is 2.07 bits per heavy atom. The first-order chi connectivity index (χ1) is 6.83. The molecule has 0 aromatic carbocycles. The topological polar surface area (TPSA) is 42.4 Å². The lowest BCUT2D eigenvalue weighted by atomic mass is 10.2. The van der Waals surface area contributed by atoms with Crippen molar-refractivity contribution >= 4 is 0 Å². The molecule has 0 saturated carbocycles. The van der Waals surface area contributed by atoms with Crippen LogP contribution in [0.5, 0.6) is 11.6 Å². The van der Waals surface area contributed by atoms with Gasteiger partial charge in [-0.2, -0.15) is 0 Å². The first-order valence-electron chi connectivity index (χ1n) is 3.84. The van der Waals surface area contributed by atoms with Gasteiger partial charge in [-0.3, -0.25) is 0 Å². The van der Waals surface area contributed by atoms with Crippen molar-refractivity contribution in [3.63, 3.8) is 0 Å². The van der Waals surface area contributed by atoms with E-state index >= 15 is 0 Å². The van der Waals surface area contributed by atoms with Crippen molar-refractivity contribution in [3.8, 4) is 11.6 Å². The van der Waals surface area contributed by atoms with Crippen LogP contribution in [0.1, 0.15) is 11.3 Å². The molecule has 1 aromatic rings. The van der Waals surface area contributed by atoms with Gasteiger partial charge in [-0.05, 0) is 6.92 Å². The number of hydrogen-bond donors (Lipinski definition) is 1. The molecule has 0 radical (unpaired) electrons. The fraction of sp³-hybridized carbons (Fsp3) is 0.375. The molecular formula is C8H7F4NO2. The number of alkyl halides is 4. The lowest BCUT2D eigenvalue weighted by Gasteiger charge is -2.10. The van der Waals surface area contributed by atoms with Gasteiger partial charge in [0.05, 0.1) is 5.69 Å². The number of halogens is 4. The summed E-state index contributed by atoms with van der Waals surface area (Å²) in [6.45, 7) is 0.154. The molecule has 0 aliphatic rings. The SMILES string of the molecule is Cc1nc(OC(F)(F)F)cc(CF)c1O. The fourth-order valence-corrected chi connectivity index (χ4v) is 0.973. The zero-order valence-electron chi connectivity index (χ0n) is 7.60. The van der Waals surface area contributed by atoms with Crippen molar-refractivity contribution < 1.29 is 27.4 Å². The largest absolute Gasteiger partial charge is 0.574 e. The van der Waals surface area contributed by atoms with Crippen molar-refractivity contribution in [2.24, 2.45) is 0 Å². The molecule has 84 valence electrons. The van der Waals surface area contributed by atoms with Crippen LogP contribution in [0, 0.1) is 6.92 Å². The number of aromatic hydroxyl groups is 1. The van der Waals surface area contributed by atoms with Crippen molar-refractivity contribution in [1.29, 1.82) is 0 Å². The first-order valence-corrected chi connectivity index (χ1v) is 3.84. The third kappa shape index (κ3) is 2.97. The lowest BCUT2D eigenvalue weighted by Crippen LogP contribution is -2.18. The highest BCUT2D eigenvalue weighted by Gasteiger charge is 2.32. The van der Waals surface area contributed by atoms with Crippen molar-refractivity contribution in [2.75, 3.05) is 0 Å². The molecule has 0 fully saturated rings. The minimum Gasteiger partial charge on any atom is -0.506 e. The first kappa shape index (κ1) is 11.5. The molecule has 1 N–H and O–H groups in total. The van der Waals surface area contributed by atoms with E-state index in [1.165, 1.54) is 6.92 Å². The van der Waals surface area contributed by atoms with E-state index in [-0.39, 0.29) is 11.3 Å². The molecule has 0 atom stereocenters. The normalized spacial score (nSPS) is 11.5. The van der Waals surface area contributed by atoms with Crippen molar-refractivity contribution in [2.45, 2.75) is 20.0 Å². The van der Waals surface area contributed by atoms with Gasteiger partial charge in [0.1, 0.15) is 12.4 Å². The maximum Gasteiger partial charge on any atom is 0.574 e. The number of hydrogen-bond acceptors (Lipinski definition) is 3. The van der Waals surface area contributed by atoms with E-state index in [4.69, 9.17) is 0 Å². The van der Waals surface area contributed by atoms with Crippen LogP contribution in [0.3, 0.4) is 0 Å². The molecule has 3 nitrogen and oxygen atoms in total. The van der Waals surface area contributed by atoms with Crippen LogP contribution in [-0.2, 0) is 6.67 Å². The van der Waals surface area contributed by atoms with E-state index in [0.717, 1.165) is 0 Å². The standard InChI is InChI=1S/C8H7F4NO2/c1-4-7(14)5(3-9)2-6(13-4)15-8(10,11)12/h2,14H,3H2,1H3. The average molecular weight is 225 g/mol. The second-order valence-electron chi connectivity index (χ2n) is 2.74. The number of ether oxygens (including phenoxy) is 1. The van der Waals surface area contributed by atoms with Gasteiger partial charge < -0.3 is 9.84 Å². The highest BCUT2D eigenvalue weighted by atomic mass is 19.4. The van der Waals surface area contributed by atoms with Gasteiger partial charge >= 0.3 is 6.36 Å². The molecular weight excluding hydrogens is 218 g/mol. The van der Waals surface area contributed by atoms with Gasteiger partial charge in [-0.1, -0.05) is 0 Å². The smallest absolute Gasteiger partial charge is 0.506 e. The monoisotopic (exact) mass is 225 g/mol. The molecule has 0 spiro atoms. The van der Waals surface area contributed by atoms with Crippen LogP contribution in [-0.4, -0.2) is 16.5 Å². The van der Waals surface area contributed by atoms with Crippen LogP contribution in [0.15, 0.2) is 6.07 Å². The summed E-state index contributed by atoms with van der Waals surface area (Å²) in [6, 6.07) is 0.704. The number of pyridine rings is 1. The van der Waals surface area contributed by atoms with E-state index in [1.807, 2.05) is 0 Å². The lowest BCUT2D eigenvalue weighted by molar-refractivity contribution is -0.276. The molecule has 1 aromatic heterocycles. The van der Waals surface area contributed by atoms with E-state index in [9.17, 15) is 22.7 Å². The molecule has 1 rings (SSSR count). The fourth-order valence-electron chi connectivity index (χ4n) is 0.973. The number of nitrogens with zero attached hydrogens (tertiary/aromatic N) is 1. The Hall–Kier alpha value is -1.53. The van der Waals surface area contributed by atoms with Gasteiger partial charge in [0.15, 0.2) is 0 Å². The van der Waals surface area contributed by atoms with E-state index < -0.39 is 24.7 Å². The zero-order valence-corrected chi connectivity index (χ0v) is 7.60. The van der Waals surface area contributed by atoms with Crippen LogP contribution < -0.4 is 4.74 Å². The maximum absolute atomic E-state index is 12.3. The Labute approximate surface area is 82.3 Å². The summed E-state index contributed by atoms with van der Waals surface area (Å²) >= 11 is 0. The average Bonchev–Trinajstić information content (AvgIpc) is 2.08. The molecule has 0 saturated heterocycles. The summed E-state index contributed by atoms with van der Waals surface area (Å²) in [6.07, 6.45) is -4.88. The highest BCUT2D eigenvalue weighted by molar-refractivity contribution is 5.38. The summed E-state index contributed by atoms with van der Waals surface area (Å²) in [5, 5.41) is 9.18. The predicted molar refractivity (Wildman–Crippen MR) is 42.1 cm³/mol.